The average molecular weight is 208 g/mol. The van der Waals surface area contributed by atoms with Crippen molar-refractivity contribution in [2.24, 2.45) is 5.73 Å². The maximum absolute atomic E-state index is 11.4. The van der Waals surface area contributed by atoms with Crippen LogP contribution in [0, 0.1) is 0 Å². The molecule has 1 aromatic rings. The van der Waals surface area contributed by atoms with Crippen LogP contribution < -0.4 is 11.1 Å². The summed E-state index contributed by atoms with van der Waals surface area (Å²) in [4.78, 5) is 11.4. The molecule has 4 nitrogen and oxygen atoms in total. The van der Waals surface area contributed by atoms with Gasteiger partial charge in [0, 0.05) is 7.05 Å². The third kappa shape index (κ3) is 2.95. The lowest BCUT2D eigenvalue weighted by Crippen LogP contribution is -2.52. The highest BCUT2D eigenvalue weighted by Gasteiger charge is 2.27. The molecule has 1 amide bonds. The van der Waals surface area contributed by atoms with Gasteiger partial charge in [0.2, 0.25) is 5.91 Å². The summed E-state index contributed by atoms with van der Waals surface area (Å²) in [5, 5.41) is 11.6. The number of amides is 1. The van der Waals surface area contributed by atoms with Crippen molar-refractivity contribution >= 4 is 5.91 Å². The van der Waals surface area contributed by atoms with Gasteiger partial charge in [-0.25, -0.2) is 0 Å². The van der Waals surface area contributed by atoms with Gasteiger partial charge < -0.3 is 16.2 Å². The van der Waals surface area contributed by atoms with Gasteiger partial charge in [-0.15, -0.1) is 0 Å². The van der Waals surface area contributed by atoms with Crippen molar-refractivity contribution < 1.29 is 9.90 Å². The van der Waals surface area contributed by atoms with Crippen molar-refractivity contribution in [1.82, 2.24) is 5.32 Å². The molecule has 0 spiro atoms. The summed E-state index contributed by atoms with van der Waals surface area (Å²) in [5.41, 5.74) is 5.86. The molecule has 0 radical (unpaired) electrons. The lowest BCUT2D eigenvalue weighted by atomic mass is 9.93. The number of nitrogens with one attached hydrogen (secondary N) is 1. The van der Waals surface area contributed by atoms with Gasteiger partial charge in [0.05, 0.1) is 5.54 Å². The fraction of sp³-hybridized carbons (Fsp3) is 0.364. The second-order valence-electron chi connectivity index (χ2n) is 3.84. The van der Waals surface area contributed by atoms with E-state index in [2.05, 4.69) is 5.32 Å². The normalized spacial score (nSPS) is 14.3. The van der Waals surface area contributed by atoms with Gasteiger partial charge in [0.1, 0.15) is 5.75 Å². The SMILES string of the molecule is CNC(=O)C(C)(N)Cc1ccc(O)cc1. The summed E-state index contributed by atoms with van der Waals surface area (Å²) in [6, 6.07) is 6.66. The molecule has 0 aromatic heterocycles. The number of aromatic hydroxyl groups is 1. The smallest absolute Gasteiger partial charge is 0.239 e. The number of nitrogens with two attached hydrogens (primary N) is 1. The first-order valence-corrected chi connectivity index (χ1v) is 4.74. The molecule has 82 valence electrons. The number of likely N-dealkylation sites (N-methyl/N-ethyl adjacent to an activating group) is 1. The van der Waals surface area contributed by atoms with Crippen molar-refractivity contribution in [3.05, 3.63) is 29.8 Å². The molecule has 1 atom stereocenters. The quantitative estimate of drug-likeness (QED) is 0.673. The number of hydrogen-bond acceptors (Lipinski definition) is 3. The van der Waals surface area contributed by atoms with Crippen LogP contribution >= 0.6 is 0 Å². The van der Waals surface area contributed by atoms with Crippen molar-refractivity contribution in [3.8, 4) is 5.75 Å². The fourth-order valence-corrected chi connectivity index (χ4v) is 1.40. The Morgan fingerprint density at radius 1 is 1.47 bits per heavy atom. The molecule has 1 unspecified atom stereocenters. The van der Waals surface area contributed by atoms with E-state index in [1.54, 1.807) is 38.2 Å². The maximum atomic E-state index is 11.4. The highest BCUT2D eigenvalue weighted by Crippen LogP contribution is 2.14. The highest BCUT2D eigenvalue weighted by atomic mass is 16.3. The predicted octanol–water partition coefficient (Wildman–Crippen LogP) is 0.398. The van der Waals surface area contributed by atoms with E-state index < -0.39 is 5.54 Å². The minimum atomic E-state index is -0.925. The molecule has 4 N–H and O–H groups in total. The van der Waals surface area contributed by atoms with E-state index in [0.29, 0.717) is 6.42 Å². The van der Waals surface area contributed by atoms with Crippen LogP contribution in [0.2, 0.25) is 0 Å². The second kappa shape index (κ2) is 4.31. The zero-order valence-electron chi connectivity index (χ0n) is 8.95. The first-order chi connectivity index (χ1) is 6.95. The summed E-state index contributed by atoms with van der Waals surface area (Å²) in [6.45, 7) is 1.68. The molecule has 15 heavy (non-hydrogen) atoms. The van der Waals surface area contributed by atoms with Gasteiger partial charge in [0.15, 0.2) is 0 Å². The van der Waals surface area contributed by atoms with Gasteiger partial charge in [-0.1, -0.05) is 12.1 Å². The molecule has 0 aliphatic heterocycles. The zero-order valence-corrected chi connectivity index (χ0v) is 8.95. The number of carbonyl (C=O) groups is 1. The zero-order chi connectivity index (χ0) is 11.5. The Balaban J connectivity index is 2.77. The Morgan fingerprint density at radius 2 is 2.00 bits per heavy atom. The van der Waals surface area contributed by atoms with Crippen LogP contribution in [0.3, 0.4) is 0 Å². The predicted molar refractivity (Wildman–Crippen MR) is 58.5 cm³/mol. The topological polar surface area (TPSA) is 75.4 Å². The van der Waals surface area contributed by atoms with Gasteiger partial charge in [-0.3, -0.25) is 4.79 Å². The van der Waals surface area contributed by atoms with Crippen LogP contribution in [-0.2, 0) is 11.2 Å². The van der Waals surface area contributed by atoms with Gasteiger partial charge in [-0.2, -0.15) is 0 Å². The number of benzene rings is 1. The van der Waals surface area contributed by atoms with Crippen LogP contribution in [0.1, 0.15) is 12.5 Å². The largest absolute Gasteiger partial charge is 0.508 e. The summed E-state index contributed by atoms with van der Waals surface area (Å²) in [7, 11) is 1.56. The minimum Gasteiger partial charge on any atom is -0.508 e. The summed E-state index contributed by atoms with van der Waals surface area (Å²) < 4.78 is 0. The highest BCUT2D eigenvalue weighted by molar-refractivity contribution is 5.85. The van der Waals surface area contributed by atoms with E-state index in [9.17, 15) is 4.79 Å². The van der Waals surface area contributed by atoms with Crippen molar-refractivity contribution in [3.63, 3.8) is 0 Å². The Labute approximate surface area is 89.1 Å². The van der Waals surface area contributed by atoms with Crippen LogP contribution in [0.25, 0.3) is 0 Å². The monoisotopic (exact) mass is 208 g/mol. The standard InChI is InChI=1S/C11H16N2O2/c1-11(12,10(15)13-2)7-8-3-5-9(14)6-4-8/h3-6,14H,7,12H2,1-2H3,(H,13,15). The molecule has 0 aliphatic rings. The third-order valence-electron chi connectivity index (χ3n) is 2.25. The summed E-state index contributed by atoms with van der Waals surface area (Å²) >= 11 is 0. The maximum Gasteiger partial charge on any atom is 0.239 e. The van der Waals surface area contributed by atoms with Gasteiger partial charge in [0.25, 0.3) is 0 Å². The van der Waals surface area contributed by atoms with Crippen LogP contribution in [0.4, 0.5) is 0 Å². The number of phenols is 1. The Hall–Kier alpha value is -1.55. The molecule has 0 saturated carbocycles. The first-order valence-electron chi connectivity index (χ1n) is 4.74. The first kappa shape index (κ1) is 11.5. The summed E-state index contributed by atoms with van der Waals surface area (Å²) in [5.74, 6) is 0.00740. The molecule has 0 aliphatic carbocycles. The number of hydrogen-bond donors (Lipinski definition) is 3. The number of carbonyl (C=O) groups excluding carboxylic acids is 1. The molecule has 1 aromatic carbocycles. The van der Waals surface area contributed by atoms with Crippen molar-refractivity contribution in [2.45, 2.75) is 18.9 Å². The Bertz CT molecular complexity index is 344. The van der Waals surface area contributed by atoms with Gasteiger partial charge in [-0.05, 0) is 31.0 Å². The van der Waals surface area contributed by atoms with E-state index in [0.717, 1.165) is 5.56 Å². The number of phenolic OH excluding ortho intramolecular Hbond substituents is 1. The van der Waals surface area contributed by atoms with E-state index in [1.807, 2.05) is 0 Å². The van der Waals surface area contributed by atoms with E-state index >= 15 is 0 Å². The Morgan fingerprint density at radius 3 is 2.47 bits per heavy atom. The average Bonchev–Trinajstić information content (AvgIpc) is 2.20. The van der Waals surface area contributed by atoms with Crippen LogP contribution in [-0.4, -0.2) is 23.6 Å². The molecular weight excluding hydrogens is 192 g/mol. The van der Waals surface area contributed by atoms with Crippen molar-refractivity contribution in [1.29, 1.82) is 0 Å². The number of rotatable bonds is 3. The minimum absolute atomic E-state index is 0.199. The Kier molecular flexibility index (Phi) is 3.31. The fourth-order valence-electron chi connectivity index (χ4n) is 1.40. The lowest BCUT2D eigenvalue weighted by Gasteiger charge is -2.22. The van der Waals surface area contributed by atoms with Crippen molar-refractivity contribution in [2.75, 3.05) is 7.05 Å². The lowest BCUT2D eigenvalue weighted by molar-refractivity contribution is -0.125. The van der Waals surface area contributed by atoms with Gasteiger partial charge >= 0.3 is 0 Å². The van der Waals surface area contributed by atoms with E-state index in [-0.39, 0.29) is 11.7 Å². The molecule has 0 saturated heterocycles. The van der Waals surface area contributed by atoms with E-state index in [1.165, 1.54) is 0 Å². The van der Waals surface area contributed by atoms with Crippen LogP contribution in [0.5, 0.6) is 5.75 Å². The molecule has 0 fully saturated rings. The second-order valence-corrected chi connectivity index (χ2v) is 3.84. The van der Waals surface area contributed by atoms with E-state index in [4.69, 9.17) is 10.8 Å². The molecule has 0 heterocycles. The molecule has 4 heteroatoms. The molecule has 0 bridgehead atoms. The third-order valence-corrected chi connectivity index (χ3v) is 2.25. The van der Waals surface area contributed by atoms with Crippen LogP contribution in [0.15, 0.2) is 24.3 Å². The summed E-state index contributed by atoms with van der Waals surface area (Å²) in [6.07, 6.45) is 0.437. The molecule has 1 rings (SSSR count). The molecular formula is C11H16N2O2.